The average Bonchev–Trinajstić information content (AvgIpc) is 2.79. The number of sulfonamides is 1. The molecule has 0 bridgehead atoms. The molecular weight excluding hydrogens is 483 g/mol. The lowest BCUT2D eigenvalue weighted by Gasteiger charge is -2.26. The smallest absolute Gasteiger partial charge is 0.264 e. The van der Waals surface area contributed by atoms with E-state index in [1.807, 2.05) is 25.1 Å². The molecule has 1 atom stereocenters. The molecule has 174 valence electrons. The Balaban J connectivity index is 1.95. The first-order chi connectivity index (χ1) is 15.6. The minimum atomic E-state index is -4.11. The fourth-order valence-electron chi connectivity index (χ4n) is 3.34. The molecule has 1 unspecified atom stereocenters. The Morgan fingerprint density at radius 3 is 2.36 bits per heavy atom. The summed E-state index contributed by atoms with van der Waals surface area (Å²) in [5, 5.41) is 3.06. The van der Waals surface area contributed by atoms with E-state index in [2.05, 4.69) is 5.32 Å². The van der Waals surface area contributed by atoms with E-state index in [4.69, 9.17) is 27.9 Å². The number of nitrogens with one attached hydrogen (secondary N) is 1. The molecule has 0 saturated carbocycles. The van der Waals surface area contributed by atoms with Crippen LogP contribution >= 0.6 is 23.2 Å². The van der Waals surface area contributed by atoms with E-state index in [9.17, 15) is 13.2 Å². The predicted molar refractivity (Wildman–Crippen MR) is 132 cm³/mol. The van der Waals surface area contributed by atoms with Gasteiger partial charge in [0.05, 0.1) is 33.8 Å². The number of ether oxygens (including phenoxy) is 1. The first kappa shape index (κ1) is 24.9. The van der Waals surface area contributed by atoms with Gasteiger partial charge in [0.2, 0.25) is 5.91 Å². The van der Waals surface area contributed by atoms with Crippen LogP contribution < -0.4 is 14.4 Å². The molecule has 0 spiro atoms. The summed E-state index contributed by atoms with van der Waals surface area (Å²) < 4.78 is 33.4. The second-order valence-corrected chi connectivity index (χ2v) is 10.1. The standard InChI is InChI=1S/C24H24Cl2N2O4S/c1-16-11-13-18(14-12-16)33(30,31)28(21-9-6-8-20(25)24(21)26)15-23(29)27-17(2)19-7-4-5-10-22(19)32-3/h4-14,17H,15H2,1-3H3,(H,27,29). The van der Waals surface area contributed by atoms with Crippen LogP contribution in [0.5, 0.6) is 5.75 Å². The molecule has 9 heteroatoms. The number of methoxy groups -OCH3 is 1. The fraction of sp³-hybridized carbons (Fsp3) is 0.208. The monoisotopic (exact) mass is 506 g/mol. The van der Waals surface area contributed by atoms with Crippen molar-refractivity contribution in [1.29, 1.82) is 0 Å². The third-order valence-electron chi connectivity index (χ3n) is 5.08. The topological polar surface area (TPSA) is 75.7 Å². The summed E-state index contributed by atoms with van der Waals surface area (Å²) in [5.41, 5.74) is 1.79. The maximum atomic E-state index is 13.5. The van der Waals surface area contributed by atoms with Gasteiger partial charge in [-0.2, -0.15) is 0 Å². The number of rotatable bonds is 8. The minimum absolute atomic E-state index is 0.0368. The minimum Gasteiger partial charge on any atom is -0.496 e. The van der Waals surface area contributed by atoms with Gasteiger partial charge in [0.15, 0.2) is 0 Å². The summed E-state index contributed by atoms with van der Waals surface area (Å²) in [6, 6.07) is 17.9. The normalized spacial score (nSPS) is 12.2. The van der Waals surface area contributed by atoms with Crippen molar-refractivity contribution in [3.05, 3.63) is 87.9 Å². The molecule has 1 amide bonds. The Labute approximate surface area is 204 Å². The number of para-hydroxylation sites is 1. The van der Waals surface area contributed by atoms with Crippen LogP contribution in [0.4, 0.5) is 5.69 Å². The van der Waals surface area contributed by atoms with Crippen LogP contribution in [0.3, 0.4) is 0 Å². The number of nitrogens with zero attached hydrogens (tertiary/aromatic N) is 1. The van der Waals surface area contributed by atoms with E-state index in [-0.39, 0.29) is 20.6 Å². The van der Waals surface area contributed by atoms with Gasteiger partial charge in [-0.15, -0.1) is 0 Å². The lowest BCUT2D eigenvalue weighted by Crippen LogP contribution is -2.41. The lowest BCUT2D eigenvalue weighted by molar-refractivity contribution is -0.120. The fourth-order valence-corrected chi connectivity index (χ4v) is 5.22. The van der Waals surface area contributed by atoms with Gasteiger partial charge in [0.25, 0.3) is 10.0 Å². The van der Waals surface area contributed by atoms with Gasteiger partial charge < -0.3 is 10.1 Å². The van der Waals surface area contributed by atoms with E-state index in [0.29, 0.717) is 5.75 Å². The highest BCUT2D eigenvalue weighted by atomic mass is 35.5. The number of benzene rings is 3. The zero-order valence-electron chi connectivity index (χ0n) is 18.4. The van der Waals surface area contributed by atoms with E-state index in [1.165, 1.54) is 18.2 Å². The largest absolute Gasteiger partial charge is 0.496 e. The molecule has 0 saturated heterocycles. The van der Waals surface area contributed by atoms with Crippen LogP contribution in [0.25, 0.3) is 0 Å². The van der Waals surface area contributed by atoms with Crippen LogP contribution in [-0.2, 0) is 14.8 Å². The zero-order chi connectivity index (χ0) is 24.2. The second kappa shape index (κ2) is 10.5. The number of carbonyl (C=O) groups is 1. The van der Waals surface area contributed by atoms with E-state index >= 15 is 0 Å². The Morgan fingerprint density at radius 1 is 1.03 bits per heavy atom. The van der Waals surface area contributed by atoms with Crippen molar-refractivity contribution in [2.24, 2.45) is 0 Å². The van der Waals surface area contributed by atoms with Crippen molar-refractivity contribution >= 4 is 44.8 Å². The van der Waals surface area contributed by atoms with E-state index < -0.39 is 28.5 Å². The van der Waals surface area contributed by atoms with Gasteiger partial charge >= 0.3 is 0 Å². The third-order valence-corrected chi connectivity index (χ3v) is 7.66. The predicted octanol–water partition coefficient (Wildman–Crippen LogP) is 5.38. The van der Waals surface area contributed by atoms with Crippen LogP contribution in [0.2, 0.25) is 10.0 Å². The SMILES string of the molecule is COc1ccccc1C(C)NC(=O)CN(c1cccc(Cl)c1Cl)S(=O)(=O)c1ccc(C)cc1. The maximum Gasteiger partial charge on any atom is 0.264 e. The molecule has 0 heterocycles. The summed E-state index contributed by atoms with van der Waals surface area (Å²) in [6.45, 7) is 3.16. The van der Waals surface area contributed by atoms with Crippen molar-refractivity contribution in [2.45, 2.75) is 24.8 Å². The number of hydrogen-bond acceptors (Lipinski definition) is 4. The molecule has 0 aliphatic rings. The highest BCUT2D eigenvalue weighted by Crippen LogP contribution is 2.35. The van der Waals surface area contributed by atoms with Gasteiger partial charge in [-0.3, -0.25) is 9.10 Å². The molecule has 0 radical (unpaired) electrons. The van der Waals surface area contributed by atoms with E-state index in [1.54, 1.807) is 44.4 Å². The maximum absolute atomic E-state index is 13.5. The number of amides is 1. The number of halogens is 2. The molecule has 0 aromatic heterocycles. The summed E-state index contributed by atoms with van der Waals surface area (Å²) in [4.78, 5) is 13.0. The Hall–Kier alpha value is -2.74. The van der Waals surface area contributed by atoms with Gasteiger partial charge in [0, 0.05) is 5.56 Å². The number of carbonyl (C=O) groups excluding carboxylic acids is 1. The molecule has 3 aromatic carbocycles. The number of hydrogen-bond donors (Lipinski definition) is 1. The number of aryl methyl sites for hydroxylation is 1. The Kier molecular flexibility index (Phi) is 7.89. The molecule has 3 aromatic rings. The molecular formula is C24H24Cl2N2O4S. The van der Waals surface area contributed by atoms with Gasteiger partial charge in [0.1, 0.15) is 12.3 Å². The van der Waals surface area contributed by atoms with Crippen LogP contribution in [0, 0.1) is 6.92 Å². The third kappa shape index (κ3) is 5.61. The molecule has 0 aliphatic carbocycles. The molecule has 1 N–H and O–H groups in total. The first-order valence-electron chi connectivity index (χ1n) is 10.1. The lowest BCUT2D eigenvalue weighted by atomic mass is 10.1. The van der Waals surface area contributed by atoms with Crippen molar-refractivity contribution in [3.8, 4) is 5.75 Å². The van der Waals surface area contributed by atoms with E-state index in [0.717, 1.165) is 15.4 Å². The second-order valence-electron chi connectivity index (χ2n) is 7.43. The van der Waals surface area contributed by atoms with Crippen molar-refractivity contribution in [3.63, 3.8) is 0 Å². The Morgan fingerprint density at radius 2 is 1.70 bits per heavy atom. The van der Waals surface area contributed by atoms with Crippen molar-refractivity contribution in [2.75, 3.05) is 18.0 Å². The molecule has 0 aliphatic heterocycles. The molecule has 0 fully saturated rings. The summed E-state index contributed by atoms with van der Waals surface area (Å²) in [5.74, 6) is 0.104. The Bertz CT molecular complexity index is 1250. The average molecular weight is 507 g/mol. The van der Waals surface area contributed by atoms with Crippen LogP contribution in [0.1, 0.15) is 24.1 Å². The van der Waals surface area contributed by atoms with Crippen molar-refractivity contribution < 1.29 is 17.9 Å². The van der Waals surface area contributed by atoms with Gasteiger partial charge in [-0.25, -0.2) is 8.42 Å². The first-order valence-corrected chi connectivity index (χ1v) is 12.3. The van der Waals surface area contributed by atoms with Crippen LogP contribution in [0.15, 0.2) is 71.6 Å². The summed E-state index contributed by atoms with van der Waals surface area (Å²) in [6.07, 6.45) is 0. The van der Waals surface area contributed by atoms with Gasteiger partial charge in [-0.05, 0) is 44.2 Å². The highest BCUT2D eigenvalue weighted by molar-refractivity contribution is 7.92. The van der Waals surface area contributed by atoms with Crippen LogP contribution in [-0.4, -0.2) is 28.0 Å². The highest BCUT2D eigenvalue weighted by Gasteiger charge is 2.30. The molecule has 6 nitrogen and oxygen atoms in total. The number of anilines is 1. The van der Waals surface area contributed by atoms with Gasteiger partial charge in [-0.1, -0.05) is 65.2 Å². The molecule has 33 heavy (non-hydrogen) atoms. The molecule has 3 rings (SSSR count). The summed E-state index contributed by atoms with van der Waals surface area (Å²) >= 11 is 12.5. The quantitative estimate of drug-likeness (QED) is 0.444. The zero-order valence-corrected chi connectivity index (χ0v) is 20.7. The summed E-state index contributed by atoms with van der Waals surface area (Å²) in [7, 11) is -2.57. The van der Waals surface area contributed by atoms with Crippen molar-refractivity contribution in [1.82, 2.24) is 5.32 Å².